The van der Waals surface area contributed by atoms with Crippen LogP contribution in [0.3, 0.4) is 0 Å². The molecule has 80 valence electrons. The van der Waals surface area contributed by atoms with Crippen molar-refractivity contribution in [3.05, 3.63) is 0 Å². The molecule has 1 unspecified atom stereocenters. The molecule has 1 atom stereocenters. The van der Waals surface area contributed by atoms with E-state index in [0.717, 1.165) is 45.9 Å². The molecule has 0 aromatic carbocycles. The van der Waals surface area contributed by atoms with Crippen LogP contribution in [-0.4, -0.2) is 57.1 Å². The first-order valence-electron chi connectivity index (χ1n) is 5.37. The Labute approximate surface area is 84.5 Å². The lowest BCUT2D eigenvalue weighted by Gasteiger charge is -2.49. The highest BCUT2D eigenvalue weighted by molar-refractivity contribution is 4.98. The minimum Gasteiger partial charge on any atom is -0.380 e. The third kappa shape index (κ3) is 1.29. The Morgan fingerprint density at radius 2 is 2.14 bits per heavy atom. The fourth-order valence-electron chi connectivity index (χ4n) is 2.55. The number of ether oxygens (including phenoxy) is 2. The highest BCUT2D eigenvalue weighted by atomic mass is 16.5. The molecule has 0 aliphatic carbocycles. The summed E-state index contributed by atoms with van der Waals surface area (Å²) in [6, 6.07) is 0. The Bertz CT molecular complexity index is 230. The summed E-state index contributed by atoms with van der Waals surface area (Å²) in [4.78, 5) is 2.32. The summed E-state index contributed by atoms with van der Waals surface area (Å²) in [6.45, 7) is 5.81. The second kappa shape index (κ2) is 2.92. The molecule has 0 bridgehead atoms. The van der Waals surface area contributed by atoms with E-state index in [4.69, 9.17) is 9.47 Å². The van der Waals surface area contributed by atoms with E-state index in [2.05, 4.69) is 17.3 Å². The molecule has 4 nitrogen and oxygen atoms in total. The van der Waals surface area contributed by atoms with Crippen molar-refractivity contribution < 1.29 is 9.47 Å². The van der Waals surface area contributed by atoms with Gasteiger partial charge in [-0.25, -0.2) is 0 Å². The number of nitrogens with zero attached hydrogens (tertiary/aromatic N) is 1. The second-order valence-corrected chi connectivity index (χ2v) is 5.12. The zero-order chi connectivity index (χ0) is 9.65. The highest BCUT2D eigenvalue weighted by Crippen LogP contribution is 2.35. The Morgan fingerprint density at radius 1 is 1.29 bits per heavy atom. The number of hydrogen-bond acceptors (Lipinski definition) is 4. The third-order valence-corrected chi connectivity index (χ3v) is 3.68. The van der Waals surface area contributed by atoms with Crippen molar-refractivity contribution in [1.82, 2.24) is 10.2 Å². The largest absolute Gasteiger partial charge is 0.380 e. The Morgan fingerprint density at radius 3 is 2.57 bits per heavy atom. The van der Waals surface area contributed by atoms with Crippen LogP contribution in [0.15, 0.2) is 0 Å². The molecule has 3 saturated heterocycles. The van der Waals surface area contributed by atoms with Gasteiger partial charge in [0.25, 0.3) is 0 Å². The smallest absolute Gasteiger partial charge is 0.133 e. The quantitative estimate of drug-likeness (QED) is 0.577. The van der Waals surface area contributed by atoms with E-state index >= 15 is 0 Å². The van der Waals surface area contributed by atoms with Crippen LogP contribution in [0.5, 0.6) is 0 Å². The van der Waals surface area contributed by atoms with Gasteiger partial charge in [-0.2, -0.15) is 0 Å². The van der Waals surface area contributed by atoms with Gasteiger partial charge in [0.15, 0.2) is 0 Å². The fourth-order valence-corrected chi connectivity index (χ4v) is 2.55. The Balaban J connectivity index is 1.64. The normalized spacial score (nSPS) is 41.8. The average Bonchev–Trinajstić information content (AvgIpc) is 2.47. The number of likely N-dealkylation sites (N-methyl/N-ethyl adjacent to an activating group) is 1. The average molecular weight is 198 g/mol. The van der Waals surface area contributed by atoms with Crippen molar-refractivity contribution in [2.24, 2.45) is 5.41 Å². The minimum atomic E-state index is -0.0460. The zero-order valence-corrected chi connectivity index (χ0v) is 8.71. The number of rotatable bonds is 0. The predicted octanol–water partition coefficient (Wildman–Crippen LogP) is -0.345. The Kier molecular flexibility index (Phi) is 1.89. The molecule has 2 spiro atoms. The van der Waals surface area contributed by atoms with Gasteiger partial charge in [-0.3, -0.25) is 5.32 Å². The summed E-state index contributed by atoms with van der Waals surface area (Å²) in [5, 5.41) is 3.57. The van der Waals surface area contributed by atoms with Gasteiger partial charge in [0.1, 0.15) is 5.72 Å². The molecule has 0 amide bonds. The molecule has 0 saturated carbocycles. The lowest BCUT2D eigenvalue weighted by Crippen LogP contribution is -2.65. The van der Waals surface area contributed by atoms with Crippen molar-refractivity contribution in [2.75, 3.05) is 46.5 Å². The van der Waals surface area contributed by atoms with Gasteiger partial charge in [-0.05, 0) is 7.05 Å². The van der Waals surface area contributed by atoms with Crippen LogP contribution < -0.4 is 5.32 Å². The first-order valence-corrected chi connectivity index (χ1v) is 5.37. The van der Waals surface area contributed by atoms with E-state index in [1.807, 2.05) is 0 Å². The number of nitrogens with one attached hydrogen (secondary N) is 1. The van der Waals surface area contributed by atoms with Crippen LogP contribution in [0.1, 0.15) is 6.42 Å². The summed E-state index contributed by atoms with van der Waals surface area (Å²) in [5.74, 6) is 0. The van der Waals surface area contributed by atoms with Crippen LogP contribution in [0, 0.1) is 5.41 Å². The van der Waals surface area contributed by atoms with Gasteiger partial charge in [-0.1, -0.05) is 0 Å². The molecule has 3 heterocycles. The molecule has 3 fully saturated rings. The van der Waals surface area contributed by atoms with E-state index in [-0.39, 0.29) is 5.72 Å². The number of hydrogen-bond donors (Lipinski definition) is 1. The lowest BCUT2D eigenvalue weighted by molar-refractivity contribution is -0.217. The highest BCUT2D eigenvalue weighted by Gasteiger charge is 2.49. The summed E-state index contributed by atoms with van der Waals surface area (Å²) < 4.78 is 11.3. The number of likely N-dealkylation sites (tertiary alicyclic amines) is 1. The molecule has 0 radical (unpaired) electrons. The maximum Gasteiger partial charge on any atom is 0.133 e. The van der Waals surface area contributed by atoms with Crippen LogP contribution in [0.2, 0.25) is 0 Å². The van der Waals surface area contributed by atoms with E-state index < -0.39 is 0 Å². The van der Waals surface area contributed by atoms with Gasteiger partial charge >= 0.3 is 0 Å². The summed E-state index contributed by atoms with van der Waals surface area (Å²) in [7, 11) is 2.15. The standard InChI is InChI=1S/C10H18N2O2/c1-12-3-2-10(5-12)11-4-9(8-14-10)6-13-7-9/h11H,2-8H2,1H3. The van der Waals surface area contributed by atoms with Gasteiger partial charge in [0.2, 0.25) is 0 Å². The van der Waals surface area contributed by atoms with E-state index in [9.17, 15) is 0 Å². The SMILES string of the molecule is CN1CCC2(C1)NCC1(COC1)CO2. The molecule has 3 aliphatic rings. The van der Waals surface area contributed by atoms with Gasteiger partial charge in [0.05, 0.1) is 25.2 Å². The van der Waals surface area contributed by atoms with Crippen molar-refractivity contribution in [3.63, 3.8) is 0 Å². The topological polar surface area (TPSA) is 33.7 Å². The van der Waals surface area contributed by atoms with E-state index in [1.54, 1.807) is 0 Å². The van der Waals surface area contributed by atoms with Crippen LogP contribution in [0.4, 0.5) is 0 Å². The van der Waals surface area contributed by atoms with Crippen LogP contribution in [-0.2, 0) is 9.47 Å². The van der Waals surface area contributed by atoms with E-state index in [0.29, 0.717) is 5.41 Å². The van der Waals surface area contributed by atoms with E-state index in [1.165, 1.54) is 0 Å². The van der Waals surface area contributed by atoms with Gasteiger partial charge in [-0.15, -0.1) is 0 Å². The summed E-state index contributed by atoms with van der Waals surface area (Å²) >= 11 is 0. The molecule has 3 rings (SSSR count). The fraction of sp³-hybridized carbons (Fsp3) is 1.00. The molecular weight excluding hydrogens is 180 g/mol. The lowest BCUT2D eigenvalue weighted by atomic mass is 9.85. The Hall–Kier alpha value is -0.160. The second-order valence-electron chi connectivity index (χ2n) is 5.12. The molecule has 0 aromatic rings. The molecule has 4 heteroatoms. The van der Waals surface area contributed by atoms with Crippen LogP contribution >= 0.6 is 0 Å². The van der Waals surface area contributed by atoms with Crippen molar-refractivity contribution in [2.45, 2.75) is 12.1 Å². The molecule has 1 N–H and O–H groups in total. The third-order valence-electron chi connectivity index (χ3n) is 3.68. The first kappa shape index (κ1) is 9.09. The van der Waals surface area contributed by atoms with Crippen molar-refractivity contribution >= 4 is 0 Å². The minimum absolute atomic E-state index is 0.0460. The summed E-state index contributed by atoms with van der Waals surface area (Å²) in [5.41, 5.74) is 0.252. The maximum atomic E-state index is 6.02. The maximum absolute atomic E-state index is 6.02. The first-order chi connectivity index (χ1) is 6.72. The van der Waals surface area contributed by atoms with Crippen molar-refractivity contribution in [3.8, 4) is 0 Å². The molecular formula is C10H18N2O2. The molecule has 14 heavy (non-hydrogen) atoms. The van der Waals surface area contributed by atoms with Gasteiger partial charge < -0.3 is 14.4 Å². The molecule has 3 aliphatic heterocycles. The monoisotopic (exact) mass is 198 g/mol. The van der Waals surface area contributed by atoms with Crippen LogP contribution in [0.25, 0.3) is 0 Å². The zero-order valence-electron chi connectivity index (χ0n) is 8.71. The van der Waals surface area contributed by atoms with Crippen molar-refractivity contribution in [1.29, 1.82) is 0 Å². The van der Waals surface area contributed by atoms with Gasteiger partial charge in [0, 0.05) is 26.1 Å². The predicted molar refractivity (Wildman–Crippen MR) is 52.1 cm³/mol. The molecule has 0 aromatic heterocycles. The summed E-state index contributed by atoms with van der Waals surface area (Å²) in [6.07, 6.45) is 1.11.